The summed E-state index contributed by atoms with van der Waals surface area (Å²) in [5, 5.41) is 0. The molecule has 0 spiro atoms. The highest BCUT2D eigenvalue weighted by Crippen LogP contribution is 2.32. The topological polar surface area (TPSA) is 38.5 Å². The molecule has 1 unspecified atom stereocenters. The predicted molar refractivity (Wildman–Crippen MR) is 84.1 cm³/mol. The summed E-state index contributed by atoms with van der Waals surface area (Å²) in [6.07, 6.45) is 2.24. The maximum atomic E-state index is 6.05. The molecule has 1 atom stereocenters. The number of halogens is 1. The largest absolute Gasteiger partial charge is 0.383 e. The molecule has 1 heterocycles. The van der Waals surface area contributed by atoms with Gasteiger partial charge < -0.3 is 10.5 Å². The zero-order valence-corrected chi connectivity index (χ0v) is 13.6. The van der Waals surface area contributed by atoms with E-state index in [4.69, 9.17) is 22.1 Å². The molecule has 110 valence electrons. The van der Waals surface area contributed by atoms with Gasteiger partial charge in [0.05, 0.1) is 17.0 Å². The fourth-order valence-electron chi connectivity index (χ4n) is 2.47. The van der Waals surface area contributed by atoms with Crippen molar-refractivity contribution in [2.45, 2.75) is 38.8 Å². The van der Waals surface area contributed by atoms with E-state index in [2.05, 4.69) is 24.8 Å². The minimum atomic E-state index is 0.234. The molecule has 3 nitrogen and oxygen atoms in total. The lowest BCUT2D eigenvalue weighted by Gasteiger charge is -2.36. The number of nitrogens with two attached hydrogens (primary N) is 1. The van der Waals surface area contributed by atoms with Crippen LogP contribution >= 0.6 is 22.9 Å². The molecule has 5 heteroatoms. The molecule has 1 rings (SSSR count). The van der Waals surface area contributed by atoms with E-state index in [0.717, 1.165) is 30.3 Å². The van der Waals surface area contributed by atoms with Gasteiger partial charge in [0, 0.05) is 31.1 Å². The van der Waals surface area contributed by atoms with Gasteiger partial charge in [0.2, 0.25) is 0 Å². The highest BCUT2D eigenvalue weighted by molar-refractivity contribution is 7.16. The summed E-state index contributed by atoms with van der Waals surface area (Å²) in [5.41, 5.74) is 6.01. The van der Waals surface area contributed by atoms with Crippen molar-refractivity contribution < 1.29 is 4.74 Å². The summed E-state index contributed by atoms with van der Waals surface area (Å²) in [5.74, 6) is 0. The van der Waals surface area contributed by atoms with Gasteiger partial charge in [-0.25, -0.2) is 0 Å². The van der Waals surface area contributed by atoms with Crippen molar-refractivity contribution in [1.29, 1.82) is 0 Å². The number of nitrogens with zero attached hydrogens (tertiary/aromatic N) is 1. The number of rotatable bonds is 9. The van der Waals surface area contributed by atoms with E-state index < -0.39 is 0 Å². The van der Waals surface area contributed by atoms with Gasteiger partial charge in [-0.15, -0.1) is 11.3 Å². The van der Waals surface area contributed by atoms with Gasteiger partial charge in [-0.1, -0.05) is 25.4 Å². The van der Waals surface area contributed by atoms with Gasteiger partial charge in [-0.05, 0) is 25.0 Å². The van der Waals surface area contributed by atoms with Crippen LogP contribution < -0.4 is 5.73 Å². The maximum absolute atomic E-state index is 6.05. The first-order chi connectivity index (χ1) is 9.17. The molecule has 0 aromatic carbocycles. The second kappa shape index (κ2) is 8.93. The summed E-state index contributed by atoms with van der Waals surface area (Å²) in [6.45, 7) is 6.69. The standard InChI is InChI=1S/C14H25ClN2OS/c1-4-11(5-2)17(8-9-18-3)12(10-16)13-6-7-14(15)19-13/h6-7,11-12H,4-5,8-10,16H2,1-3H3. The highest BCUT2D eigenvalue weighted by atomic mass is 35.5. The summed E-state index contributed by atoms with van der Waals surface area (Å²) in [7, 11) is 1.74. The van der Waals surface area contributed by atoms with E-state index in [1.54, 1.807) is 18.4 Å². The number of thiophene rings is 1. The van der Waals surface area contributed by atoms with Gasteiger partial charge in [0.25, 0.3) is 0 Å². The van der Waals surface area contributed by atoms with Crippen LogP contribution in [0.5, 0.6) is 0 Å². The lowest BCUT2D eigenvalue weighted by Crippen LogP contribution is -2.42. The Balaban J connectivity index is 2.91. The van der Waals surface area contributed by atoms with Crippen LogP contribution in [0.3, 0.4) is 0 Å². The molecule has 0 bridgehead atoms. The lowest BCUT2D eigenvalue weighted by atomic mass is 10.1. The fraction of sp³-hybridized carbons (Fsp3) is 0.714. The Morgan fingerprint density at radius 1 is 1.37 bits per heavy atom. The molecule has 0 aliphatic heterocycles. The van der Waals surface area contributed by atoms with Gasteiger partial charge in [-0.2, -0.15) is 0 Å². The molecular weight excluding hydrogens is 280 g/mol. The normalized spacial score (nSPS) is 13.4. The third-order valence-electron chi connectivity index (χ3n) is 3.51. The number of hydrogen-bond acceptors (Lipinski definition) is 4. The van der Waals surface area contributed by atoms with E-state index in [1.807, 2.05) is 6.07 Å². The molecule has 0 amide bonds. The molecule has 2 N–H and O–H groups in total. The Morgan fingerprint density at radius 3 is 2.47 bits per heavy atom. The Bertz CT molecular complexity index is 355. The lowest BCUT2D eigenvalue weighted by molar-refractivity contribution is 0.0830. The fourth-order valence-corrected chi connectivity index (χ4v) is 3.66. The van der Waals surface area contributed by atoms with Gasteiger partial charge in [-0.3, -0.25) is 4.90 Å². The van der Waals surface area contributed by atoms with Crippen molar-refractivity contribution >= 4 is 22.9 Å². The van der Waals surface area contributed by atoms with Crippen LogP contribution in [0.4, 0.5) is 0 Å². The third kappa shape index (κ3) is 4.72. The molecule has 0 aliphatic carbocycles. The zero-order chi connectivity index (χ0) is 14.3. The Hall–Kier alpha value is -0.130. The van der Waals surface area contributed by atoms with Crippen LogP contribution in [-0.2, 0) is 4.74 Å². The molecule has 1 aromatic rings. The van der Waals surface area contributed by atoms with E-state index in [9.17, 15) is 0 Å². The van der Waals surface area contributed by atoms with Crippen LogP contribution in [0.25, 0.3) is 0 Å². The minimum absolute atomic E-state index is 0.234. The average Bonchev–Trinajstić information content (AvgIpc) is 2.84. The van der Waals surface area contributed by atoms with Crippen molar-refractivity contribution in [3.8, 4) is 0 Å². The summed E-state index contributed by atoms with van der Waals surface area (Å²) in [6, 6.07) is 4.81. The number of methoxy groups -OCH3 is 1. The Kier molecular flexibility index (Phi) is 7.95. The van der Waals surface area contributed by atoms with Crippen molar-refractivity contribution in [3.05, 3.63) is 21.3 Å². The maximum Gasteiger partial charge on any atom is 0.0931 e. The molecule has 1 aromatic heterocycles. The first-order valence-corrected chi connectivity index (χ1v) is 8.07. The molecule has 0 saturated carbocycles. The monoisotopic (exact) mass is 304 g/mol. The highest BCUT2D eigenvalue weighted by Gasteiger charge is 2.25. The molecule has 0 radical (unpaired) electrons. The van der Waals surface area contributed by atoms with Crippen molar-refractivity contribution in [3.63, 3.8) is 0 Å². The second-order valence-electron chi connectivity index (χ2n) is 4.59. The summed E-state index contributed by atoms with van der Waals surface area (Å²) < 4.78 is 6.07. The first-order valence-electron chi connectivity index (χ1n) is 6.87. The first kappa shape index (κ1) is 16.9. The SMILES string of the molecule is CCC(CC)N(CCOC)C(CN)c1ccc(Cl)s1. The van der Waals surface area contributed by atoms with Gasteiger partial charge in [0.15, 0.2) is 0 Å². The van der Waals surface area contributed by atoms with Crippen molar-refractivity contribution in [2.24, 2.45) is 5.73 Å². The average molecular weight is 305 g/mol. The van der Waals surface area contributed by atoms with E-state index in [1.165, 1.54) is 4.88 Å². The van der Waals surface area contributed by atoms with E-state index in [0.29, 0.717) is 12.6 Å². The molecule has 0 fully saturated rings. The van der Waals surface area contributed by atoms with E-state index in [-0.39, 0.29) is 6.04 Å². The van der Waals surface area contributed by atoms with Gasteiger partial charge >= 0.3 is 0 Å². The van der Waals surface area contributed by atoms with Crippen LogP contribution in [0, 0.1) is 0 Å². The summed E-state index contributed by atoms with van der Waals surface area (Å²) >= 11 is 7.68. The molecule has 0 aliphatic rings. The molecule has 19 heavy (non-hydrogen) atoms. The Labute approximate surface area is 125 Å². The van der Waals surface area contributed by atoms with Crippen LogP contribution in [0.15, 0.2) is 12.1 Å². The number of hydrogen-bond donors (Lipinski definition) is 1. The van der Waals surface area contributed by atoms with Gasteiger partial charge in [0.1, 0.15) is 0 Å². The summed E-state index contributed by atoms with van der Waals surface area (Å²) in [4.78, 5) is 3.71. The van der Waals surface area contributed by atoms with Crippen LogP contribution in [0.2, 0.25) is 4.34 Å². The van der Waals surface area contributed by atoms with E-state index >= 15 is 0 Å². The smallest absolute Gasteiger partial charge is 0.0931 e. The quantitative estimate of drug-likeness (QED) is 0.758. The number of ether oxygens (including phenoxy) is 1. The predicted octanol–water partition coefficient (Wildman–Crippen LogP) is 3.54. The van der Waals surface area contributed by atoms with Crippen LogP contribution in [0.1, 0.15) is 37.6 Å². The Morgan fingerprint density at radius 2 is 2.05 bits per heavy atom. The van der Waals surface area contributed by atoms with Crippen molar-refractivity contribution in [1.82, 2.24) is 4.90 Å². The second-order valence-corrected chi connectivity index (χ2v) is 6.34. The van der Waals surface area contributed by atoms with Crippen LogP contribution in [-0.4, -0.2) is 37.7 Å². The third-order valence-corrected chi connectivity index (χ3v) is 4.84. The van der Waals surface area contributed by atoms with Crippen molar-refractivity contribution in [2.75, 3.05) is 26.8 Å². The zero-order valence-electron chi connectivity index (χ0n) is 12.1. The molecule has 0 saturated heterocycles. The molecular formula is C14H25ClN2OS. The minimum Gasteiger partial charge on any atom is -0.383 e.